The van der Waals surface area contributed by atoms with Crippen molar-refractivity contribution < 1.29 is 0 Å². The Morgan fingerprint density at radius 2 is 2.17 bits per heavy atom. The fourth-order valence-electron chi connectivity index (χ4n) is 2.06. The first kappa shape index (κ1) is 10.9. The van der Waals surface area contributed by atoms with E-state index in [1.165, 1.54) is 0 Å². The van der Waals surface area contributed by atoms with Gasteiger partial charge >= 0.3 is 0 Å². The van der Waals surface area contributed by atoms with Crippen molar-refractivity contribution in [2.75, 3.05) is 6.54 Å². The van der Waals surface area contributed by atoms with Crippen LogP contribution >= 0.6 is 0 Å². The molecule has 3 aromatic heterocycles. The molecule has 0 bridgehead atoms. The highest BCUT2D eigenvalue weighted by Crippen LogP contribution is 2.15. The van der Waals surface area contributed by atoms with Gasteiger partial charge in [-0.1, -0.05) is 0 Å². The normalized spacial score (nSPS) is 11.2. The summed E-state index contributed by atoms with van der Waals surface area (Å²) >= 11 is 0. The molecule has 3 heterocycles. The molecule has 2 N–H and O–H groups in total. The first-order valence-electron chi connectivity index (χ1n) is 5.82. The van der Waals surface area contributed by atoms with Crippen molar-refractivity contribution in [3.8, 4) is 5.82 Å². The van der Waals surface area contributed by atoms with Crippen LogP contribution in [0.2, 0.25) is 0 Å². The van der Waals surface area contributed by atoms with E-state index in [9.17, 15) is 0 Å². The molecule has 0 spiro atoms. The van der Waals surface area contributed by atoms with Gasteiger partial charge in [-0.05, 0) is 31.2 Å². The molecule has 3 rings (SSSR count). The monoisotopic (exact) mass is 242 g/mol. The Labute approximate surface area is 104 Å². The van der Waals surface area contributed by atoms with Gasteiger partial charge in [0.2, 0.25) is 0 Å². The molecule has 0 atom stereocenters. The van der Waals surface area contributed by atoms with Crippen LogP contribution in [0.3, 0.4) is 0 Å². The van der Waals surface area contributed by atoms with Crippen molar-refractivity contribution in [2.45, 2.75) is 13.3 Å². The summed E-state index contributed by atoms with van der Waals surface area (Å²) in [6.07, 6.45) is 5.98. The van der Waals surface area contributed by atoms with Crippen molar-refractivity contribution in [1.29, 1.82) is 0 Å². The Morgan fingerprint density at radius 1 is 1.28 bits per heavy atom. The summed E-state index contributed by atoms with van der Waals surface area (Å²) in [5.41, 5.74) is 7.57. The maximum Gasteiger partial charge on any atom is 0.157 e. The summed E-state index contributed by atoms with van der Waals surface area (Å²) in [6.45, 7) is 2.61. The van der Waals surface area contributed by atoms with E-state index in [1.54, 1.807) is 17.0 Å². The Morgan fingerprint density at radius 3 is 3.00 bits per heavy atom. The predicted molar refractivity (Wildman–Crippen MR) is 67.6 cm³/mol. The lowest BCUT2D eigenvalue weighted by atomic mass is 10.3. The molecule has 0 aromatic carbocycles. The van der Waals surface area contributed by atoms with E-state index in [0.717, 1.165) is 29.3 Å². The van der Waals surface area contributed by atoms with Crippen LogP contribution in [-0.4, -0.2) is 30.7 Å². The zero-order chi connectivity index (χ0) is 12.5. The lowest BCUT2D eigenvalue weighted by Gasteiger charge is -2.09. The third-order valence-electron chi connectivity index (χ3n) is 2.84. The van der Waals surface area contributed by atoms with E-state index in [2.05, 4.69) is 21.1 Å². The minimum atomic E-state index is 0.573. The molecule has 0 fully saturated rings. The van der Waals surface area contributed by atoms with E-state index in [4.69, 9.17) is 5.73 Å². The second-order valence-electron chi connectivity index (χ2n) is 4.17. The van der Waals surface area contributed by atoms with Gasteiger partial charge in [0, 0.05) is 18.8 Å². The van der Waals surface area contributed by atoms with Crippen LogP contribution in [0.25, 0.3) is 11.5 Å². The zero-order valence-corrected chi connectivity index (χ0v) is 10.1. The number of hydrogen-bond donors (Lipinski definition) is 1. The molecule has 18 heavy (non-hydrogen) atoms. The van der Waals surface area contributed by atoms with Crippen LogP contribution in [0.5, 0.6) is 0 Å². The Hall–Kier alpha value is -2.21. The minimum Gasteiger partial charge on any atom is -0.330 e. The molecule has 0 aliphatic heterocycles. The molecule has 3 aromatic rings. The maximum atomic E-state index is 5.60. The summed E-state index contributed by atoms with van der Waals surface area (Å²) in [7, 11) is 0. The topological polar surface area (TPSA) is 74.0 Å². The smallest absolute Gasteiger partial charge is 0.157 e. The van der Waals surface area contributed by atoms with Crippen LogP contribution < -0.4 is 5.73 Å². The Balaban J connectivity index is 2.24. The van der Waals surface area contributed by atoms with Crippen molar-refractivity contribution in [3.05, 3.63) is 42.2 Å². The van der Waals surface area contributed by atoms with Gasteiger partial charge in [0.25, 0.3) is 0 Å². The van der Waals surface area contributed by atoms with Crippen LogP contribution in [0, 0.1) is 6.92 Å². The van der Waals surface area contributed by atoms with Gasteiger partial charge in [0.05, 0.1) is 0 Å². The summed E-state index contributed by atoms with van der Waals surface area (Å²) in [6, 6.07) is 4.05. The Kier molecular flexibility index (Phi) is 2.56. The number of aromatic nitrogens is 5. The quantitative estimate of drug-likeness (QED) is 0.734. The summed E-state index contributed by atoms with van der Waals surface area (Å²) in [4.78, 5) is 8.54. The molecule has 0 amide bonds. The minimum absolute atomic E-state index is 0.573. The number of pyridine rings is 1. The molecule has 0 saturated heterocycles. The average Bonchev–Trinajstić information content (AvgIpc) is 2.96. The molecular weight excluding hydrogens is 228 g/mol. The highest BCUT2D eigenvalue weighted by atomic mass is 15.3. The van der Waals surface area contributed by atoms with Crippen molar-refractivity contribution in [3.63, 3.8) is 0 Å². The molecule has 6 heteroatoms. The van der Waals surface area contributed by atoms with Crippen LogP contribution in [-0.2, 0) is 6.42 Å². The summed E-state index contributed by atoms with van der Waals surface area (Å²) < 4.78 is 3.80. The third kappa shape index (κ3) is 1.67. The number of imidazole rings is 1. The number of nitrogens with two attached hydrogens (primary N) is 1. The standard InChI is InChI=1S/C12H14N6/c1-9-6-11-15-8-16-18(11)12(7-9)17-5-4-14-10(17)2-3-13/h4-8H,2-3,13H2,1H3. The molecule has 0 radical (unpaired) electrons. The molecule has 0 saturated carbocycles. The fraction of sp³-hybridized carbons (Fsp3) is 0.250. The zero-order valence-electron chi connectivity index (χ0n) is 10.1. The van der Waals surface area contributed by atoms with Gasteiger partial charge in [-0.3, -0.25) is 4.57 Å². The van der Waals surface area contributed by atoms with Crippen LogP contribution in [0.15, 0.2) is 30.9 Å². The van der Waals surface area contributed by atoms with Crippen molar-refractivity contribution in [2.24, 2.45) is 5.73 Å². The molecule has 0 aliphatic rings. The lowest BCUT2D eigenvalue weighted by molar-refractivity contribution is 0.789. The van der Waals surface area contributed by atoms with Crippen molar-refractivity contribution in [1.82, 2.24) is 24.1 Å². The van der Waals surface area contributed by atoms with E-state index in [-0.39, 0.29) is 0 Å². The molecule has 0 unspecified atom stereocenters. The van der Waals surface area contributed by atoms with Crippen molar-refractivity contribution >= 4 is 5.65 Å². The van der Waals surface area contributed by atoms with E-state index in [1.807, 2.05) is 23.8 Å². The first-order chi connectivity index (χ1) is 8.79. The van der Waals surface area contributed by atoms with Gasteiger partial charge in [-0.2, -0.15) is 9.61 Å². The molecule has 0 aliphatic carbocycles. The van der Waals surface area contributed by atoms with Gasteiger partial charge < -0.3 is 5.73 Å². The van der Waals surface area contributed by atoms with E-state index < -0.39 is 0 Å². The van der Waals surface area contributed by atoms with Gasteiger partial charge in [-0.25, -0.2) is 9.97 Å². The lowest BCUT2D eigenvalue weighted by Crippen LogP contribution is -2.11. The third-order valence-corrected chi connectivity index (χ3v) is 2.84. The molecular formula is C12H14N6. The average molecular weight is 242 g/mol. The summed E-state index contributed by atoms with van der Waals surface area (Å²) in [5, 5.41) is 4.24. The van der Waals surface area contributed by atoms with Gasteiger partial charge in [0.1, 0.15) is 18.0 Å². The number of rotatable bonds is 3. The number of fused-ring (bicyclic) bond motifs is 1. The number of hydrogen-bond acceptors (Lipinski definition) is 4. The van der Waals surface area contributed by atoms with Gasteiger partial charge in [0.15, 0.2) is 5.65 Å². The Bertz CT molecular complexity index is 681. The summed E-state index contributed by atoms with van der Waals surface area (Å²) in [5.74, 6) is 1.86. The van der Waals surface area contributed by atoms with Crippen LogP contribution in [0.4, 0.5) is 0 Å². The van der Waals surface area contributed by atoms with Gasteiger partial charge in [-0.15, -0.1) is 0 Å². The second-order valence-corrected chi connectivity index (χ2v) is 4.17. The maximum absolute atomic E-state index is 5.60. The molecule has 92 valence electrons. The van der Waals surface area contributed by atoms with E-state index >= 15 is 0 Å². The highest BCUT2D eigenvalue weighted by molar-refractivity contribution is 5.46. The second kappa shape index (κ2) is 4.23. The fourth-order valence-corrected chi connectivity index (χ4v) is 2.06. The predicted octanol–water partition coefficient (Wildman–Crippen LogP) is 0.725. The molecule has 6 nitrogen and oxygen atoms in total. The first-order valence-corrected chi connectivity index (χ1v) is 5.82. The highest BCUT2D eigenvalue weighted by Gasteiger charge is 2.09. The van der Waals surface area contributed by atoms with E-state index in [0.29, 0.717) is 6.54 Å². The van der Waals surface area contributed by atoms with Crippen LogP contribution in [0.1, 0.15) is 11.4 Å². The number of aryl methyl sites for hydroxylation is 1. The largest absolute Gasteiger partial charge is 0.330 e. The number of nitrogens with zero attached hydrogens (tertiary/aromatic N) is 5. The SMILES string of the molecule is Cc1cc(-n2ccnc2CCN)n2ncnc2c1.